The zero-order valence-corrected chi connectivity index (χ0v) is 15.1. The Balaban J connectivity index is 3.00. The Bertz CT molecular complexity index is 953. The van der Waals surface area contributed by atoms with Crippen molar-refractivity contribution in [2.45, 2.75) is 32.2 Å². The summed E-state index contributed by atoms with van der Waals surface area (Å²) in [6.45, 7) is 3.63. The molecule has 0 bridgehead atoms. The van der Waals surface area contributed by atoms with E-state index in [-0.39, 0.29) is 6.42 Å². The van der Waals surface area contributed by atoms with Gasteiger partial charge in [0.05, 0.1) is 6.85 Å². The van der Waals surface area contributed by atoms with E-state index in [4.69, 9.17) is 11.6 Å². The van der Waals surface area contributed by atoms with E-state index in [0.29, 0.717) is 12.1 Å². The molecule has 134 valence electrons. The van der Waals surface area contributed by atoms with Gasteiger partial charge in [-0.3, -0.25) is 4.79 Å². The molecule has 0 aliphatic heterocycles. The number of nitrogens with zero attached hydrogens (tertiary/aromatic N) is 1. The van der Waals surface area contributed by atoms with Crippen molar-refractivity contribution in [2.75, 3.05) is 20.6 Å². The van der Waals surface area contributed by atoms with E-state index in [1.165, 1.54) is 0 Å². The van der Waals surface area contributed by atoms with Crippen LogP contribution in [0.25, 0.3) is 0 Å². The zero-order chi connectivity index (χ0) is 24.4. The molecule has 3 heteroatoms. The number of ether oxygens (including phenoxy) is 1. The second-order valence-electron chi connectivity index (χ2n) is 6.22. The molecule has 2 aromatic carbocycles. The van der Waals surface area contributed by atoms with Crippen molar-refractivity contribution in [3.05, 3.63) is 71.7 Å². The molecule has 0 amide bonds. The first-order valence-corrected chi connectivity index (χ1v) is 8.32. The van der Waals surface area contributed by atoms with Crippen molar-refractivity contribution in [3.8, 4) is 0 Å². The summed E-state index contributed by atoms with van der Waals surface area (Å²) in [4.78, 5) is 14.4. The summed E-state index contributed by atoms with van der Waals surface area (Å²) in [7, 11) is 3.60. The minimum atomic E-state index is -2.66. The molecule has 0 aromatic heterocycles. The van der Waals surface area contributed by atoms with Crippen molar-refractivity contribution in [2.24, 2.45) is 5.92 Å². The predicted octanol–water partition coefficient (Wildman–Crippen LogP) is 4.28. The zero-order valence-electron chi connectivity index (χ0n) is 22.1. The quantitative estimate of drug-likeness (QED) is 0.668. The van der Waals surface area contributed by atoms with Gasteiger partial charge in [0.1, 0.15) is 5.60 Å². The molecule has 0 N–H and O–H groups in total. The molecular formula is C22H29NO2. The minimum absolute atomic E-state index is 0.0140. The topological polar surface area (TPSA) is 29.5 Å². The maximum absolute atomic E-state index is 12.6. The monoisotopic (exact) mass is 346 g/mol. The lowest BCUT2D eigenvalue weighted by Crippen LogP contribution is -2.44. The molecule has 2 unspecified atom stereocenters. The van der Waals surface area contributed by atoms with Gasteiger partial charge in [-0.15, -0.1) is 0 Å². The van der Waals surface area contributed by atoms with Gasteiger partial charge >= 0.3 is 5.97 Å². The number of rotatable bonds is 8. The highest BCUT2D eigenvalue weighted by atomic mass is 16.6. The van der Waals surface area contributed by atoms with Crippen LogP contribution in [0, 0.1) is 5.92 Å². The van der Waals surface area contributed by atoms with Gasteiger partial charge < -0.3 is 9.64 Å². The summed E-state index contributed by atoms with van der Waals surface area (Å²) < 4.78 is 65.0. The van der Waals surface area contributed by atoms with Gasteiger partial charge in [-0.05, 0) is 25.2 Å². The van der Waals surface area contributed by atoms with Crippen LogP contribution in [0.1, 0.15) is 41.0 Å². The van der Waals surface area contributed by atoms with Gasteiger partial charge in [-0.2, -0.15) is 0 Å². The van der Waals surface area contributed by atoms with Gasteiger partial charge in [-0.25, -0.2) is 0 Å². The molecule has 0 spiro atoms. The van der Waals surface area contributed by atoms with Crippen molar-refractivity contribution in [1.29, 1.82) is 0 Å². The Morgan fingerprint density at radius 1 is 1.24 bits per heavy atom. The van der Waals surface area contributed by atoms with Crippen LogP contribution in [-0.4, -0.2) is 31.5 Å². The Hall–Kier alpha value is -2.13. The van der Waals surface area contributed by atoms with Crippen LogP contribution in [-0.2, 0) is 21.5 Å². The van der Waals surface area contributed by atoms with Crippen LogP contribution in [0.3, 0.4) is 0 Å². The molecule has 3 nitrogen and oxygen atoms in total. The summed E-state index contributed by atoms with van der Waals surface area (Å²) in [5.74, 6) is -1.31. The molecule has 2 rings (SSSR count). The average Bonchev–Trinajstić information content (AvgIpc) is 2.74. The Morgan fingerprint density at radius 3 is 2.44 bits per heavy atom. The maximum Gasteiger partial charge on any atom is 0.306 e. The van der Waals surface area contributed by atoms with Crippen molar-refractivity contribution < 1.29 is 19.1 Å². The molecule has 0 saturated carbocycles. The maximum atomic E-state index is 12.6. The van der Waals surface area contributed by atoms with Gasteiger partial charge in [0.15, 0.2) is 0 Å². The Morgan fingerprint density at radius 2 is 1.88 bits per heavy atom. The SMILES string of the molecule is [2H]c1c([2H])c([2H])c(C([2H])([2H])C(OC(=O)CC)(c2ccccc2)C(C)CN(C)C)c([2H])c1[2H]. The lowest BCUT2D eigenvalue weighted by Gasteiger charge is -2.40. The van der Waals surface area contributed by atoms with E-state index in [9.17, 15) is 7.54 Å². The first-order valence-electron chi connectivity index (χ1n) is 11.8. The fourth-order valence-electron chi connectivity index (χ4n) is 2.78. The second-order valence-corrected chi connectivity index (χ2v) is 6.22. The minimum Gasteiger partial charge on any atom is -0.453 e. The highest BCUT2D eigenvalue weighted by Crippen LogP contribution is 2.38. The normalized spacial score (nSPS) is 19.3. The molecule has 2 atom stereocenters. The summed E-state index contributed by atoms with van der Waals surface area (Å²) in [6.07, 6.45) is -2.68. The smallest absolute Gasteiger partial charge is 0.306 e. The molecule has 0 aliphatic carbocycles. The highest BCUT2D eigenvalue weighted by molar-refractivity contribution is 5.69. The third-order valence-corrected chi connectivity index (χ3v) is 3.91. The van der Waals surface area contributed by atoms with E-state index in [1.807, 2.05) is 4.90 Å². The number of benzene rings is 2. The lowest BCUT2D eigenvalue weighted by atomic mass is 9.77. The summed E-state index contributed by atoms with van der Waals surface area (Å²) >= 11 is 0. The summed E-state index contributed by atoms with van der Waals surface area (Å²) in [5, 5.41) is 0. The van der Waals surface area contributed by atoms with Crippen LogP contribution in [0.4, 0.5) is 0 Å². The molecule has 25 heavy (non-hydrogen) atoms. The van der Waals surface area contributed by atoms with Gasteiger partial charge in [-0.1, -0.05) is 74.4 Å². The van der Waals surface area contributed by atoms with Gasteiger partial charge in [0.2, 0.25) is 0 Å². The fraction of sp³-hybridized carbons (Fsp3) is 0.409. The van der Waals surface area contributed by atoms with Gasteiger partial charge in [0, 0.05) is 28.0 Å². The number of carbonyl (C=O) groups excluding carboxylic acids is 1. The van der Waals surface area contributed by atoms with Crippen molar-refractivity contribution in [3.63, 3.8) is 0 Å². The molecular weight excluding hydrogens is 310 g/mol. The van der Waals surface area contributed by atoms with Gasteiger partial charge in [0.25, 0.3) is 0 Å². The summed E-state index contributed by atoms with van der Waals surface area (Å²) in [6, 6.07) is 5.14. The molecule has 0 aliphatic rings. The summed E-state index contributed by atoms with van der Waals surface area (Å²) in [5.41, 5.74) is -2.16. The average molecular weight is 347 g/mol. The highest BCUT2D eigenvalue weighted by Gasteiger charge is 2.42. The van der Waals surface area contributed by atoms with E-state index >= 15 is 0 Å². The van der Waals surface area contributed by atoms with Crippen LogP contribution in [0.2, 0.25) is 0 Å². The van der Waals surface area contributed by atoms with Crippen molar-refractivity contribution in [1.82, 2.24) is 4.90 Å². The van der Waals surface area contributed by atoms with Crippen LogP contribution in [0.15, 0.2) is 60.5 Å². The predicted molar refractivity (Wildman–Crippen MR) is 102 cm³/mol. The fourth-order valence-corrected chi connectivity index (χ4v) is 2.78. The first-order chi connectivity index (χ1) is 14.8. The number of carbonyl (C=O) groups is 1. The third kappa shape index (κ3) is 4.93. The van der Waals surface area contributed by atoms with E-state index in [1.54, 1.807) is 58.3 Å². The van der Waals surface area contributed by atoms with Crippen LogP contribution >= 0.6 is 0 Å². The molecule has 0 saturated heterocycles. The Kier molecular flexibility index (Phi) is 4.05. The standard InChI is InChI=1S/C22H29NO2/c1-5-21(24)25-22(18(2)17-23(3)4,20-14-10-7-11-15-20)16-19-12-8-6-9-13-19/h6-15,18H,5,16-17H2,1-4H3/i6D,8D,9D,12D,13D,16D2. The lowest BCUT2D eigenvalue weighted by molar-refractivity contribution is -0.168. The van der Waals surface area contributed by atoms with Crippen molar-refractivity contribution >= 4 is 5.97 Å². The number of hydrogen-bond acceptors (Lipinski definition) is 3. The second kappa shape index (κ2) is 8.82. The molecule has 0 radical (unpaired) electrons. The van der Waals surface area contributed by atoms with E-state index in [2.05, 4.69) is 0 Å². The molecule has 2 aromatic rings. The third-order valence-electron chi connectivity index (χ3n) is 3.91. The molecule has 0 heterocycles. The van der Waals surface area contributed by atoms with E-state index in [0.717, 1.165) is 0 Å². The van der Waals surface area contributed by atoms with Crippen LogP contribution in [0.5, 0.6) is 0 Å². The van der Waals surface area contributed by atoms with E-state index < -0.39 is 59.6 Å². The molecule has 0 fully saturated rings. The number of esters is 1. The number of hydrogen-bond donors (Lipinski definition) is 0. The largest absolute Gasteiger partial charge is 0.453 e. The Labute approximate surface area is 161 Å². The first kappa shape index (κ1) is 11.5. The van der Waals surface area contributed by atoms with Crippen LogP contribution < -0.4 is 0 Å².